The van der Waals surface area contributed by atoms with Gasteiger partial charge in [-0.05, 0) is 42.5 Å². The molecule has 7 nitrogen and oxygen atoms in total. The second-order valence-electron chi connectivity index (χ2n) is 7.71. The average molecular weight is 410 g/mol. The Kier molecular flexibility index (Phi) is 6.72. The fourth-order valence-corrected chi connectivity index (χ4v) is 3.26. The summed E-state index contributed by atoms with van der Waals surface area (Å²) in [5, 5.41) is 2.81. The van der Waals surface area contributed by atoms with Crippen molar-refractivity contribution in [3.63, 3.8) is 0 Å². The molecule has 0 spiro atoms. The Morgan fingerprint density at radius 1 is 1.07 bits per heavy atom. The zero-order chi connectivity index (χ0) is 21.7. The number of aromatic nitrogens is 1. The van der Waals surface area contributed by atoms with E-state index in [4.69, 9.17) is 9.15 Å². The number of benzene rings is 2. The molecule has 0 aliphatic heterocycles. The van der Waals surface area contributed by atoms with Crippen LogP contribution in [0.3, 0.4) is 0 Å². The van der Waals surface area contributed by atoms with Gasteiger partial charge in [-0.1, -0.05) is 50.2 Å². The van der Waals surface area contributed by atoms with Gasteiger partial charge in [0.15, 0.2) is 12.2 Å². The number of nitrogens with one attached hydrogen (secondary N) is 1. The van der Waals surface area contributed by atoms with Crippen LogP contribution in [-0.4, -0.2) is 23.1 Å². The summed E-state index contributed by atoms with van der Waals surface area (Å²) in [5.41, 5.74) is 3.11. The third kappa shape index (κ3) is 5.37. The van der Waals surface area contributed by atoms with Crippen LogP contribution in [0.2, 0.25) is 0 Å². The molecule has 3 rings (SSSR count). The van der Waals surface area contributed by atoms with E-state index in [9.17, 15) is 14.4 Å². The standard InChI is InChI=1S/C23H26N2O5/c1-15(2)12-17-8-10-18(11-9-17)16(3)24-21(26)14-29-22(27)13-25-19-6-4-5-7-20(19)30-23(25)28/h4-11,15-16H,12-14H2,1-3H3,(H,24,26)/t16-/m0/s1. The van der Waals surface area contributed by atoms with Gasteiger partial charge in [0, 0.05) is 0 Å². The highest BCUT2D eigenvalue weighted by atomic mass is 16.5. The summed E-state index contributed by atoms with van der Waals surface area (Å²) >= 11 is 0. The number of nitrogens with zero attached hydrogens (tertiary/aromatic N) is 1. The van der Waals surface area contributed by atoms with E-state index in [-0.39, 0.29) is 12.6 Å². The minimum absolute atomic E-state index is 0.218. The predicted molar refractivity (Wildman–Crippen MR) is 113 cm³/mol. The summed E-state index contributed by atoms with van der Waals surface area (Å²) in [6, 6.07) is 14.7. The highest BCUT2D eigenvalue weighted by molar-refractivity contribution is 5.81. The lowest BCUT2D eigenvalue weighted by atomic mass is 10.00. The molecule has 0 aliphatic carbocycles. The van der Waals surface area contributed by atoms with Crippen molar-refractivity contribution in [1.29, 1.82) is 0 Å². The van der Waals surface area contributed by atoms with Crippen molar-refractivity contribution in [2.45, 2.75) is 39.8 Å². The minimum atomic E-state index is -0.690. The number of esters is 1. The van der Waals surface area contributed by atoms with Gasteiger partial charge in [-0.15, -0.1) is 0 Å². The van der Waals surface area contributed by atoms with Gasteiger partial charge >= 0.3 is 11.7 Å². The van der Waals surface area contributed by atoms with Crippen LogP contribution in [-0.2, 0) is 27.3 Å². The Hall–Kier alpha value is -3.35. The van der Waals surface area contributed by atoms with Crippen LogP contribution in [0.25, 0.3) is 11.1 Å². The second-order valence-corrected chi connectivity index (χ2v) is 7.71. The zero-order valence-corrected chi connectivity index (χ0v) is 17.4. The molecule has 1 N–H and O–H groups in total. The molecule has 0 saturated heterocycles. The van der Waals surface area contributed by atoms with E-state index >= 15 is 0 Å². The van der Waals surface area contributed by atoms with Gasteiger partial charge in [0.25, 0.3) is 5.91 Å². The van der Waals surface area contributed by atoms with Crippen LogP contribution in [0, 0.1) is 5.92 Å². The van der Waals surface area contributed by atoms with E-state index in [0.717, 1.165) is 12.0 Å². The first-order chi connectivity index (χ1) is 14.3. The van der Waals surface area contributed by atoms with Gasteiger partial charge in [0.2, 0.25) is 0 Å². The summed E-state index contributed by atoms with van der Waals surface area (Å²) in [6.07, 6.45) is 1.01. The van der Waals surface area contributed by atoms with E-state index in [1.807, 2.05) is 19.1 Å². The second kappa shape index (κ2) is 9.43. The first-order valence-corrected chi connectivity index (χ1v) is 9.95. The van der Waals surface area contributed by atoms with E-state index < -0.39 is 24.2 Å². The molecule has 1 heterocycles. The molecule has 1 atom stereocenters. The molecule has 1 amide bonds. The topological polar surface area (TPSA) is 90.5 Å². The average Bonchev–Trinajstić information content (AvgIpc) is 3.01. The number of hydrogen-bond donors (Lipinski definition) is 1. The monoisotopic (exact) mass is 410 g/mol. The van der Waals surface area contributed by atoms with Crippen molar-refractivity contribution in [2.24, 2.45) is 5.92 Å². The van der Waals surface area contributed by atoms with Crippen molar-refractivity contribution in [2.75, 3.05) is 6.61 Å². The van der Waals surface area contributed by atoms with Gasteiger partial charge in [-0.3, -0.25) is 14.2 Å². The number of amides is 1. The Bertz CT molecular complexity index is 1080. The molecular weight excluding hydrogens is 384 g/mol. The Balaban J connectivity index is 1.50. The predicted octanol–water partition coefficient (Wildman–Crippen LogP) is 3.21. The van der Waals surface area contributed by atoms with Gasteiger partial charge < -0.3 is 14.5 Å². The number of carbonyl (C=O) groups is 2. The van der Waals surface area contributed by atoms with E-state index in [0.29, 0.717) is 17.0 Å². The van der Waals surface area contributed by atoms with E-state index in [1.165, 1.54) is 10.1 Å². The number of para-hydroxylation sites is 2. The Morgan fingerprint density at radius 2 is 1.77 bits per heavy atom. The van der Waals surface area contributed by atoms with Gasteiger partial charge in [0.1, 0.15) is 6.54 Å². The normalized spacial score (nSPS) is 12.1. The summed E-state index contributed by atoms with van der Waals surface area (Å²) in [6.45, 7) is 5.47. The summed E-state index contributed by atoms with van der Waals surface area (Å²) < 4.78 is 11.3. The molecular formula is C23H26N2O5. The van der Waals surface area contributed by atoms with Crippen molar-refractivity contribution in [3.05, 3.63) is 70.2 Å². The van der Waals surface area contributed by atoms with E-state index in [1.54, 1.807) is 24.3 Å². The maximum absolute atomic E-state index is 12.2. The Labute approximate surface area is 174 Å². The number of rotatable bonds is 8. The largest absolute Gasteiger partial charge is 0.454 e. The van der Waals surface area contributed by atoms with E-state index in [2.05, 4.69) is 31.3 Å². The van der Waals surface area contributed by atoms with Crippen molar-refractivity contribution in [1.82, 2.24) is 9.88 Å². The lowest BCUT2D eigenvalue weighted by molar-refractivity contribution is -0.149. The number of fused-ring (bicyclic) bond motifs is 1. The summed E-state index contributed by atoms with van der Waals surface area (Å²) in [7, 11) is 0. The highest BCUT2D eigenvalue weighted by Crippen LogP contribution is 2.15. The quantitative estimate of drug-likeness (QED) is 0.576. The van der Waals surface area contributed by atoms with Crippen LogP contribution < -0.4 is 11.1 Å². The smallest absolute Gasteiger partial charge is 0.420 e. The molecule has 0 radical (unpaired) electrons. The lowest BCUT2D eigenvalue weighted by Crippen LogP contribution is -2.32. The molecule has 0 saturated carbocycles. The highest BCUT2D eigenvalue weighted by Gasteiger charge is 2.15. The summed E-state index contributed by atoms with van der Waals surface area (Å²) in [4.78, 5) is 36.1. The number of carbonyl (C=O) groups excluding carboxylic acids is 2. The Morgan fingerprint density at radius 3 is 2.47 bits per heavy atom. The number of hydrogen-bond acceptors (Lipinski definition) is 5. The van der Waals surface area contributed by atoms with Crippen LogP contribution in [0.5, 0.6) is 0 Å². The van der Waals surface area contributed by atoms with Gasteiger partial charge in [-0.25, -0.2) is 4.79 Å². The van der Waals surface area contributed by atoms with Crippen molar-refractivity contribution >= 4 is 23.0 Å². The van der Waals surface area contributed by atoms with Crippen LogP contribution in [0.4, 0.5) is 0 Å². The molecule has 0 aliphatic rings. The van der Waals surface area contributed by atoms with Gasteiger partial charge in [0.05, 0.1) is 11.6 Å². The lowest BCUT2D eigenvalue weighted by Gasteiger charge is -2.15. The molecule has 0 unspecified atom stereocenters. The van der Waals surface area contributed by atoms with Crippen LogP contribution in [0.15, 0.2) is 57.7 Å². The zero-order valence-electron chi connectivity index (χ0n) is 17.4. The number of ether oxygens (including phenoxy) is 1. The number of oxazole rings is 1. The molecule has 7 heteroatoms. The molecule has 0 bridgehead atoms. The van der Waals surface area contributed by atoms with Crippen LogP contribution in [0.1, 0.15) is 37.9 Å². The van der Waals surface area contributed by atoms with Gasteiger partial charge in [-0.2, -0.15) is 0 Å². The first kappa shape index (κ1) is 21.4. The van der Waals surface area contributed by atoms with Crippen molar-refractivity contribution in [3.8, 4) is 0 Å². The molecule has 158 valence electrons. The van der Waals surface area contributed by atoms with Crippen molar-refractivity contribution < 1.29 is 18.7 Å². The summed E-state index contributed by atoms with van der Waals surface area (Å²) in [5.74, 6) is -1.17. The molecule has 0 fully saturated rings. The maximum atomic E-state index is 12.2. The molecule has 2 aromatic carbocycles. The maximum Gasteiger partial charge on any atom is 0.420 e. The molecule has 1 aromatic heterocycles. The molecule has 30 heavy (non-hydrogen) atoms. The minimum Gasteiger partial charge on any atom is -0.454 e. The van der Waals surface area contributed by atoms with Crippen LogP contribution >= 0.6 is 0 Å². The first-order valence-electron chi connectivity index (χ1n) is 9.95. The molecule has 3 aromatic rings. The fraction of sp³-hybridized carbons (Fsp3) is 0.348. The SMILES string of the molecule is CC(C)Cc1ccc([C@H](C)NC(=O)COC(=O)Cn2c(=O)oc3ccccc32)cc1. The third-order valence-electron chi connectivity index (χ3n) is 4.73. The fourth-order valence-electron chi connectivity index (χ4n) is 3.26. The third-order valence-corrected chi connectivity index (χ3v) is 4.73.